The smallest absolute Gasteiger partial charge is 0.318 e. The number of urea groups is 1. The van der Waals surface area contributed by atoms with Crippen LogP contribution in [-0.2, 0) is 13.1 Å². The van der Waals surface area contributed by atoms with Gasteiger partial charge >= 0.3 is 6.03 Å². The van der Waals surface area contributed by atoms with Crippen LogP contribution in [0.3, 0.4) is 0 Å². The Kier molecular flexibility index (Phi) is 6.36. The Bertz CT molecular complexity index is 1610. The first-order valence-electron chi connectivity index (χ1n) is 12.8. The fourth-order valence-electron chi connectivity index (χ4n) is 5.17. The first-order chi connectivity index (χ1) is 19.0. The number of fused-ring (bicyclic) bond motifs is 3. The third-order valence-electron chi connectivity index (χ3n) is 7.14. The summed E-state index contributed by atoms with van der Waals surface area (Å²) in [6.07, 6.45) is 2.02. The highest BCUT2D eigenvalue weighted by Gasteiger charge is 2.36. The predicted molar refractivity (Wildman–Crippen MR) is 147 cm³/mol. The quantitative estimate of drug-likeness (QED) is 0.312. The molecule has 196 valence electrons. The summed E-state index contributed by atoms with van der Waals surface area (Å²) in [4.78, 5) is 15.7. The standard InChI is InChI=1S/C31H28FN5O2/c1-21-27-20-36(31(38)33-19-22-10-14-24(32)15-11-22)29(23-12-16-26(39-2)17-13-23)28-9-6-18-35(28)30(27)37(34-21)25-7-4-3-5-8-25/h3-18,29H,19-20H2,1-2H3,(H,33,38). The zero-order valence-corrected chi connectivity index (χ0v) is 21.7. The minimum atomic E-state index is -0.379. The Morgan fingerprint density at radius 1 is 1.00 bits per heavy atom. The van der Waals surface area contributed by atoms with E-state index in [-0.39, 0.29) is 24.4 Å². The molecule has 1 unspecified atom stereocenters. The lowest BCUT2D eigenvalue weighted by Crippen LogP contribution is -2.41. The number of ether oxygens (including phenoxy) is 1. The second-order valence-corrected chi connectivity index (χ2v) is 9.53. The molecule has 0 fully saturated rings. The van der Waals surface area contributed by atoms with E-state index in [1.54, 1.807) is 19.2 Å². The Morgan fingerprint density at radius 2 is 1.74 bits per heavy atom. The molecule has 7 nitrogen and oxygen atoms in total. The monoisotopic (exact) mass is 521 g/mol. The minimum absolute atomic E-state index is 0.229. The summed E-state index contributed by atoms with van der Waals surface area (Å²) in [5, 5.41) is 7.94. The van der Waals surface area contributed by atoms with Crippen LogP contribution in [0.15, 0.2) is 97.2 Å². The van der Waals surface area contributed by atoms with Gasteiger partial charge in [0, 0.05) is 18.3 Å². The number of hydrogen-bond acceptors (Lipinski definition) is 3. The van der Waals surface area contributed by atoms with E-state index >= 15 is 0 Å². The normalized spacial score (nSPS) is 14.3. The van der Waals surface area contributed by atoms with Gasteiger partial charge in [-0.05, 0) is 66.6 Å². The van der Waals surface area contributed by atoms with Gasteiger partial charge in [0.15, 0.2) is 0 Å². The second kappa shape index (κ2) is 10.1. The van der Waals surface area contributed by atoms with Crippen LogP contribution < -0.4 is 10.1 Å². The molecule has 0 bridgehead atoms. The molecule has 2 aromatic heterocycles. The van der Waals surface area contributed by atoms with E-state index < -0.39 is 0 Å². The van der Waals surface area contributed by atoms with Crippen molar-refractivity contribution < 1.29 is 13.9 Å². The molecule has 0 spiro atoms. The first-order valence-corrected chi connectivity index (χ1v) is 12.8. The molecular formula is C31H28FN5O2. The topological polar surface area (TPSA) is 64.3 Å². The lowest BCUT2D eigenvalue weighted by atomic mass is 10.0. The van der Waals surface area contributed by atoms with Crippen molar-refractivity contribution in [1.29, 1.82) is 0 Å². The lowest BCUT2D eigenvalue weighted by molar-refractivity contribution is 0.180. The number of nitrogens with one attached hydrogen (secondary N) is 1. The van der Waals surface area contributed by atoms with Crippen molar-refractivity contribution in [3.63, 3.8) is 0 Å². The van der Waals surface area contributed by atoms with Gasteiger partial charge in [-0.2, -0.15) is 5.10 Å². The summed E-state index contributed by atoms with van der Waals surface area (Å²) in [7, 11) is 1.63. The van der Waals surface area contributed by atoms with Gasteiger partial charge in [0.25, 0.3) is 0 Å². The Labute approximate surface area is 226 Å². The van der Waals surface area contributed by atoms with E-state index in [0.29, 0.717) is 6.54 Å². The van der Waals surface area contributed by atoms with E-state index in [0.717, 1.165) is 45.3 Å². The number of amides is 2. The van der Waals surface area contributed by atoms with Crippen LogP contribution >= 0.6 is 0 Å². The molecule has 0 radical (unpaired) electrons. The van der Waals surface area contributed by atoms with Gasteiger partial charge < -0.3 is 19.5 Å². The summed E-state index contributed by atoms with van der Waals surface area (Å²) in [6.45, 7) is 2.60. The number of benzene rings is 3. The summed E-state index contributed by atoms with van der Waals surface area (Å²) in [6, 6.07) is 27.4. The Balaban J connectivity index is 1.46. The Hall–Kier alpha value is -4.85. The maximum absolute atomic E-state index is 13.9. The van der Waals surface area contributed by atoms with Crippen LogP contribution in [0.1, 0.15) is 34.1 Å². The van der Waals surface area contributed by atoms with Gasteiger partial charge in [-0.25, -0.2) is 13.9 Å². The van der Waals surface area contributed by atoms with Gasteiger partial charge in [-0.1, -0.05) is 42.5 Å². The van der Waals surface area contributed by atoms with E-state index in [1.165, 1.54) is 12.1 Å². The highest BCUT2D eigenvalue weighted by molar-refractivity contribution is 5.76. The fourth-order valence-corrected chi connectivity index (χ4v) is 5.17. The molecule has 8 heteroatoms. The second-order valence-electron chi connectivity index (χ2n) is 9.53. The number of methoxy groups -OCH3 is 1. The number of aromatic nitrogens is 3. The van der Waals surface area contributed by atoms with Crippen LogP contribution in [0.2, 0.25) is 0 Å². The summed E-state index contributed by atoms with van der Waals surface area (Å²) in [5.74, 6) is 1.34. The van der Waals surface area contributed by atoms with Crippen molar-refractivity contribution in [1.82, 2.24) is 24.6 Å². The fraction of sp³-hybridized carbons (Fsp3) is 0.161. The van der Waals surface area contributed by atoms with E-state index in [2.05, 4.69) is 9.88 Å². The largest absolute Gasteiger partial charge is 0.497 e. The summed E-state index contributed by atoms with van der Waals surface area (Å²) in [5.41, 5.74) is 5.46. The van der Waals surface area contributed by atoms with Crippen molar-refractivity contribution in [2.45, 2.75) is 26.1 Å². The van der Waals surface area contributed by atoms with Gasteiger partial charge in [0.2, 0.25) is 0 Å². The molecule has 3 heterocycles. The third-order valence-corrected chi connectivity index (χ3v) is 7.14. The predicted octanol–water partition coefficient (Wildman–Crippen LogP) is 5.93. The maximum Gasteiger partial charge on any atom is 0.318 e. The molecule has 3 aromatic carbocycles. The maximum atomic E-state index is 13.9. The minimum Gasteiger partial charge on any atom is -0.497 e. The molecule has 1 aliphatic heterocycles. The molecule has 1 N–H and O–H groups in total. The number of nitrogens with zero attached hydrogens (tertiary/aromatic N) is 4. The highest BCUT2D eigenvalue weighted by Crippen LogP contribution is 2.38. The highest BCUT2D eigenvalue weighted by atomic mass is 19.1. The molecule has 0 saturated heterocycles. The average molecular weight is 522 g/mol. The summed E-state index contributed by atoms with van der Waals surface area (Å²) >= 11 is 0. The number of para-hydroxylation sites is 1. The SMILES string of the molecule is COc1ccc(C2c3cccn3-c3c(c(C)nn3-c3ccccc3)CN2C(=O)NCc2ccc(F)cc2)cc1. The van der Waals surface area contributed by atoms with Crippen molar-refractivity contribution >= 4 is 6.03 Å². The van der Waals surface area contributed by atoms with E-state index in [1.807, 2.05) is 89.4 Å². The number of rotatable bonds is 5. The molecule has 39 heavy (non-hydrogen) atoms. The first kappa shape index (κ1) is 24.5. The number of carbonyl (C=O) groups excluding carboxylic acids is 1. The molecule has 1 atom stereocenters. The number of halogens is 1. The molecule has 2 amide bonds. The van der Waals surface area contributed by atoms with Crippen LogP contribution in [0, 0.1) is 12.7 Å². The molecule has 1 aliphatic rings. The average Bonchev–Trinajstić information content (AvgIpc) is 3.53. The molecule has 6 rings (SSSR count). The van der Waals surface area contributed by atoms with E-state index in [9.17, 15) is 9.18 Å². The number of hydrogen-bond donors (Lipinski definition) is 1. The van der Waals surface area contributed by atoms with Gasteiger partial charge in [0.1, 0.15) is 17.4 Å². The van der Waals surface area contributed by atoms with E-state index in [4.69, 9.17) is 9.84 Å². The van der Waals surface area contributed by atoms with Crippen LogP contribution in [-0.4, -0.2) is 32.4 Å². The zero-order valence-electron chi connectivity index (χ0n) is 21.7. The molecule has 0 aliphatic carbocycles. The van der Waals surface area contributed by atoms with Crippen molar-refractivity contribution in [3.05, 3.63) is 131 Å². The van der Waals surface area contributed by atoms with Gasteiger partial charge in [0.05, 0.1) is 36.8 Å². The van der Waals surface area contributed by atoms with Crippen molar-refractivity contribution in [3.8, 4) is 17.3 Å². The molecular weight excluding hydrogens is 493 g/mol. The third kappa shape index (κ3) is 4.54. The zero-order chi connectivity index (χ0) is 26.9. The number of carbonyl (C=O) groups is 1. The molecule has 0 saturated carbocycles. The Morgan fingerprint density at radius 3 is 2.46 bits per heavy atom. The molecule has 5 aromatic rings. The summed E-state index contributed by atoms with van der Waals surface area (Å²) < 4.78 is 22.9. The van der Waals surface area contributed by atoms with Gasteiger partial charge in [-0.3, -0.25) is 0 Å². The van der Waals surface area contributed by atoms with Crippen LogP contribution in [0.5, 0.6) is 5.75 Å². The lowest BCUT2D eigenvalue weighted by Gasteiger charge is -2.31. The van der Waals surface area contributed by atoms with Gasteiger partial charge in [-0.15, -0.1) is 0 Å². The van der Waals surface area contributed by atoms with Crippen molar-refractivity contribution in [2.24, 2.45) is 0 Å². The van der Waals surface area contributed by atoms with Crippen LogP contribution in [0.25, 0.3) is 11.5 Å². The van der Waals surface area contributed by atoms with Crippen LogP contribution in [0.4, 0.5) is 9.18 Å². The van der Waals surface area contributed by atoms with Crippen molar-refractivity contribution in [2.75, 3.05) is 7.11 Å². The number of aryl methyl sites for hydroxylation is 1.